The summed E-state index contributed by atoms with van der Waals surface area (Å²) in [6.07, 6.45) is 2.36. The topological polar surface area (TPSA) is 45.2 Å². The lowest BCUT2D eigenvalue weighted by atomic mass is 10.1. The minimum Gasteiger partial charge on any atom is -0.343 e. The first-order chi connectivity index (χ1) is 10.2. The highest BCUT2D eigenvalue weighted by atomic mass is 16.2. The quantitative estimate of drug-likeness (QED) is 0.795. The lowest BCUT2D eigenvalue weighted by Crippen LogP contribution is -2.32. The van der Waals surface area contributed by atoms with Gasteiger partial charge in [-0.2, -0.15) is 0 Å². The zero-order valence-corrected chi connectivity index (χ0v) is 12.8. The van der Waals surface area contributed by atoms with E-state index in [1.54, 1.807) is 6.20 Å². The van der Waals surface area contributed by atoms with Crippen LogP contribution in [0.4, 0.5) is 0 Å². The van der Waals surface area contributed by atoms with Crippen LogP contribution >= 0.6 is 0 Å². The summed E-state index contributed by atoms with van der Waals surface area (Å²) in [5.41, 5.74) is 2.23. The summed E-state index contributed by atoms with van der Waals surface area (Å²) in [5, 5.41) is 4.48. The molecule has 112 valence electrons. The van der Waals surface area contributed by atoms with Crippen LogP contribution in [0, 0.1) is 0 Å². The molecule has 2 aromatic rings. The van der Waals surface area contributed by atoms with Crippen LogP contribution in [0.15, 0.2) is 36.5 Å². The number of nitrogens with zero attached hydrogens (tertiary/aromatic N) is 2. The van der Waals surface area contributed by atoms with E-state index in [9.17, 15) is 4.79 Å². The van der Waals surface area contributed by atoms with Gasteiger partial charge in [-0.3, -0.25) is 9.78 Å². The molecule has 0 saturated heterocycles. The van der Waals surface area contributed by atoms with Crippen molar-refractivity contribution < 1.29 is 4.79 Å². The van der Waals surface area contributed by atoms with Gasteiger partial charge in [0.15, 0.2) is 0 Å². The van der Waals surface area contributed by atoms with Crippen molar-refractivity contribution >= 4 is 16.8 Å². The van der Waals surface area contributed by atoms with E-state index < -0.39 is 0 Å². The van der Waals surface area contributed by atoms with Gasteiger partial charge < -0.3 is 10.2 Å². The van der Waals surface area contributed by atoms with Gasteiger partial charge in [-0.25, -0.2) is 0 Å². The number of carbonyl (C=O) groups excluding carboxylic acids is 1. The van der Waals surface area contributed by atoms with Crippen molar-refractivity contribution in [3.05, 3.63) is 42.1 Å². The molecule has 1 aromatic heterocycles. The Morgan fingerprint density at radius 2 is 2.05 bits per heavy atom. The second-order valence-electron chi connectivity index (χ2n) is 5.02. The van der Waals surface area contributed by atoms with Crippen molar-refractivity contribution in [3.8, 4) is 0 Å². The lowest BCUT2D eigenvalue weighted by molar-refractivity contribution is -0.130. The molecule has 0 fully saturated rings. The van der Waals surface area contributed by atoms with Gasteiger partial charge in [0.2, 0.25) is 5.91 Å². The molecule has 4 heteroatoms. The number of pyridine rings is 1. The highest BCUT2D eigenvalue weighted by molar-refractivity contribution is 5.79. The molecule has 4 nitrogen and oxygen atoms in total. The first-order valence-corrected chi connectivity index (χ1v) is 7.56. The van der Waals surface area contributed by atoms with Gasteiger partial charge in [0, 0.05) is 44.2 Å². The lowest BCUT2D eigenvalue weighted by Gasteiger charge is -2.18. The molecule has 2 rings (SSSR count). The van der Waals surface area contributed by atoms with Crippen LogP contribution in [-0.2, 0) is 11.3 Å². The van der Waals surface area contributed by atoms with Gasteiger partial charge >= 0.3 is 0 Å². The van der Waals surface area contributed by atoms with Gasteiger partial charge in [0.05, 0.1) is 5.52 Å². The molecule has 21 heavy (non-hydrogen) atoms. The average Bonchev–Trinajstić information content (AvgIpc) is 2.52. The minimum absolute atomic E-state index is 0.218. The number of carbonyl (C=O) groups is 1. The molecular weight excluding hydrogens is 262 g/mol. The van der Waals surface area contributed by atoms with Crippen LogP contribution in [-0.4, -0.2) is 35.4 Å². The Morgan fingerprint density at radius 3 is 2.81 bits per heavy atom. The van der Waals surface area contributed by atoms with E-state index in [2.05, 4.69) is 28.5 Å². The number of amides is 1. The molecule has 1 N–H and O–H groups in total. The third-order valence-corrected chi connectivity index (χ3v) is 3.63. The number of hydrogen-bond donors (Lipinski definition) is 1. The standard InChI is InChI=1S/C17H23N3O/c1-3-20(4-2)17(21)9-11-18-13-14-7-8-16-15(12-14)6-5-10-19-16/h5-8,10,12,18H,3-4,9,11,13H2,1-2H3. The summed E-state index contributed by atoms with van der Waals surface area (Å²) in [7, 11) is 0. The summed E-state index contributed by atoms with van der Waals surface area (Å²) >= 11 is 0. The molecule has 0 aliphatic rings. The predicted molar refractivity (Wildman–Crippen MR) is 86.0 cm³/mol. The van der Waals surface area contributed by atoms with Crippen LogP contribution in [0.3, 0.4) is 0 Å². The summed E-state index contributed by atoms with van der Waals surface area (Å²) < 4.78 is 0. The minimum atomic E-state index is 0.218. The van der Waals surface area contributed by atoms with Gasteiger partial charge in [0.25, 0.3) is 0 Å². The van der Waals surface area contributed by atoms with Crippen LogP contribution in [0.2, 0.25) is 0 Å². The number of hydrogen-bond acceptors (Lipinski definition) is 3. The largest absolute Gasteiger partial charge is 0.343 e. The first kappa shape index (κ1) is 15.4. The van der Waals surface area contributed by atoms with E-state index in [1.807, 2.05) is 30.9 Å². The molecular formula is C17H23N3O. The maximum atomic E-state index is 11.9. The van der Waals surface area contributed by atoms with Gasteiger partial charge in [-0.15, -0.1) is 0 Å². The van der Waals surface area contributed by atoms with Crippen LogP contribution in [0.25, 0.3) is 10.9 Å². The Labute approximate surface area is 126 Å². The van der Waals surface area contributed by atoms with Gasteiger partial charge in [-0.1, -0.05) is 12.1 Å². The maximum absolute atomic E-state index is 11.9. The molecule has 0 spiro atoms. The molecule has 0 aliphatic carbocycles. The van der Waals surface area contributed by atoms with Gasteiger partial charge in [-0.05, 0) is 37.6 Å². The molecule has 0 unspecified atom stereocenters. The van der Waals surface area contributed by atoms with Crippen molar-refractivity contribution in [3.63, 3.8) is 0 Å². The third-order valence-electron chi connectivity index (χ3n) is 3.63. The van der Waals surface area contributed by atoms with Crippen molar-refractivity contribution in [2.24, 2.45) is 0 Å². The fourth-order valence-corrected chi connectivity index (χ4v) is 2.40. The molecule has 1 heterocycles. The van der Waals surface area contributed by atoms with E-state index in [-0.39, 0.29) is 5.91 Å². The van der Waals surface area contributed by atoms with E-state index in [0.29, 0.717) is 13.0 Å². The summed E-state index contributed by atoms with van der Waals surface area (Å²) in [5.74, 6) is 0.218. The summed E-state index contributed by atoms with van der Waals surface area (Å²) in [6, 6.07) is 10.3. The van der Waals surface area contributed by atoms with Crippen LogP contribution in [0.5, 0.6) is 0 Å². The Bertz CT molecular complexity index is 593. The molecule has 0 radical (unpaired) electrons. The number of nitrogens with one attached hydrogen (secondary N) is 1. The molecule has 0 atom stereocenters. The summed E-state index contributed by atoms with van der Waals surface area (Å²) in [4.78, 5) is 18.0. The zero-order valence-electron chi connectivity index (χ0n) is 12.8. The average molecular weight is 285 g/mol. The van der Waals surface area contributed by atoms with Crippen LogP contribution in [0.1, 0.15) is 25.8 Å². The van der Waals surface area contributed by atoms with Crippen molar-refractivity contribution in [2.75, 3.05) is 19.6 Å². The normalized spacial score (nSPS) is 10.8. The third kappa shape index (κ3) is 4.26. The molecule has 0 aliphatic heterocycles. The number of fused-ring (bicyclic) bond motifs is 1. The van der Waals surface area contributed by atoms with Gasteiger partial charge in [0.1, 0.15) is 0 Å². The summed E-state index contributed by atoms with van der Waals surface area (Å²) in [6.45, 7) is 7.08. The van der Waals surface area contributed by atoms with E-state index >= 15 is 0 Å². The predicted octanol–water partition coefficient (Wildman–Crippen LogP) is 2.58. The molecule has 1 amide bonds. The molecule has 1 aromatic carbocycles. The van der Waals surface area contributed by atoms with Crippen molar-refractivity contribution in [2.45, 2.75) is 26.8 Å². The Hall–Kier alpha value is -1.94. The zero-order chi connectivity index (χ0) is 15.1. The first-order valence-electron chi connectivity index (χ1n) is 7.56. The Balaban J connectivity index is 1.81. The molecule has 0 saturated carbocycles. The Kier molecular flexibility index (Phi) is 5.69. The maximum Gasteiger partial charge on any atom is 0.223 e. The highest BCUT2D eigenvalue weighted by Gasteiger charge is 2.08. The highest BCUT2D eigenvalue weighted by Crippen LogP contribution is 2.13. The number of aromatic nitrogens is 1. The SMILES string of the molecule is CCN(CC)C(=O)CCNCc1ccc2ncccc2c1. The smallest absolute Gasteiger partial charge is 0.223 e. The number of benzene rings is 1. The fraction of sp³-hybridized carbons (Fsp3) is 0.412. The van der Waals surface area contributed by atoms with Crippen molar-refractivity contribution in [1.29, 1.82) is 0 Å². The van der Waals surface area contributed by atoms with E-state index in [0.717, 1.165) is 30.5 Å². The van der Waals surface area contributed by atoms with E-state index in [4.69, 9.17) is 0 Å². The monoisotopic (exact) mass is 285 g/mol. The second kappa shape index (κ2) is 7.74. The van der Waals surface area contributed by atoms with Crippen molar-refractivity contribution in [1.82, 2.24) is 15.2 Å². The van der Waals surface area contributed by atoms with Crippen LogP contribution < -0.4 is 5.32 Å². The second-order valence-corrected chi connectivity index (χ2v) is 5.02. The Morgan fingerprint density at radius 1 is 1.24 bits per heavy atom. The number of rotatable bonds is 7. The van der Waals surface area contributed by atoms with E-state index in [1.165, 1.54) is 5.56 Å². The molecule has 0 bridgehead atoms. The fourth-order valence-electron chi connectivity index (χ4n) is 2.40.